The van der Waals surface area contributed by atoms with E-state index in [2.05, 4.69) is 22.5 Å². The summed E-state index contributed by atoms with van der Waals surface area (Å²) in [5.74, 6) is 0. The zero-order chi connectivity index (χ0) is 20.9. The Labute approximate surface area is 167 Å². The summed E-state index contributed by atoms with van der Waals surface area (Å²) in [5.41, 5.74) is 1.65. The van der Waals surface area contributed by atoms with E-state index in [4.69, 9.17) is 4.74 Å². The molecular formula is C21H24F3N3O2. The Morgan fingerprint density at radius 2 is 1.90 bits per heavy atom. The summed E-state index contributed by atoms with van der Waals surface area (Å²) in [5, 5.41) is 5.26. The smallest absolute Gasteiger partial charge is 0.376 e. The van der Waals surface area contributed by atoms with Gasteiger partial charge in [0.25, 0.3) is 0 Å². The Hall–Kier alpha value is -2.58. The minimum Gasteiger partial charge on any atom is -0.376 e. The second-order valence-electron chi connectivity index (χ2n) is 7.12. The number of halogens is 3. The van der Waals surface area contributed by atoms with Crippen molar-refractivity contribution in [2.24, 2.45) is 0 Å². The summed E-state index contributed by atoms with van der Waals surface area (Å²) in [6, 6.07) is 11.8. The van der Waals surface area contributed by atoms with E-state index in [0.29, 0.717) is 12.2 Å². The maximum atomic E-state index is 12.6. The van der Waals surface area contributed by atoms with Gasteiger partial charge in [-0.25, -0.2) is 4.79 Å². The average molecular weight is 407 g/mol. The Morgan fingerprint density at radius 1 is 1.17 bits per heavy atom. The van der Waals surface area contributed by atoms with Crippen LogP contribution in [0.2, 0.25) is 0 Å². The van der Waals surface area contributed by atoms with Crippen LogP contribution in [0.15, 0.2) is 48.5 Å². The summed E-state index contributed by atoms with van der Waals surface area (Å²) in [6.45, 7) is 5.70. The summed E-state index contributed by atoms with van der Waals surface area (Å²) < 4.78 is 43.3. The number of ether oxygens (including phenoxy) is 1. The second-order valence-corrected chi connectivity index (χ2v) is 7.12. The predicted molar refractivity (Wildman–Crippen MR) is 104 cm³/mol. The van der Waals surface area contributed by atoms with Crippen molar-refractivity contribution in [3.05, 3.63) is 65.2 Å². The average Bonchev–Trinajstić information content (AvgIpc) is 2.66. The quantitative estimate of drug-likeness (QED) is 0.779. The third-order valence-corrected chi connectivity index (χ3v) is 4.65. The van der Waals surface area contributed by atoms with E-state index >= 15 is 0 Å². The lowest BCUT2D eigenvalue weighted by atomic mass is 10.1. The molecule has 3 rings (SSSR count). The van der Waals surface area contributed by atoms with Crippen molar-refractivity contribution < 1.29 is 22.7 Å². The number of anilines is 1. The van der Waals surface area contributed by atoms with Crippen LogP contribution in [0.1, 0.15) is 23.6 Å². The number of hydrogen-bond acceptors (Lipinski definition) is 3. The molecule has 0 saturated carbocycles. The molecule has 5 nitrogen and oxygen atoms in total. The molecule has 0 aromatic heterocycles. The number of hydrogen-bond donors (Lipinski definition) is 2. The highest BCUT2D eigenvalue weighted by Crippen LogP contribution is 2.29. The molecular weight excluding hydrogens is 383 g/mol. The van der Waals surface area contributed by atoms with Gasteiger partial charge in [-0.2, -0.15) is 13.2 Å². The van der Waals surface area contributed by atoms with Gasteiger partial charge < -0.3 is 15.4 Å². The summed E-state index contributed by atoms with van der Waals surface area (Å²) in [6.07, 6.45) is -4.17. The number of morpholine rings is 1. The topological polar surface area (TPSA) is 53.6 Å². The van der Waals surface area contributed by atoms with Crippen molar-refractivity contribution in [1.29, 1.82) is 0 Å². The SMILES string of the molecule is CC1CN(Cc2cccc(CNC(=O)Nc3ccc(C(F)(F)F)cc3)c2)CCO1. The maximum absolute atomic E-state index is 12.6. The Morgan fingerprint density at radius 3 is 2.59 bits per heavy atom. The lowest BCUT2D eigenvalue weighted by Gasteiger charge is -2.31. The number of benzene rings is 2. The maximum Gasteiger partial charge on any atom is 0.416 e. The van der Waals surface area contributed by atoms with Crippen LogP contribution in [0.25, 0.3) is 0 Å². The first kappa shape index (κ1) is 21.1. The highest BCUT2D eigenvalue weighted by molar-refractivity contribution is 5.89. The van der Waals surface area contributed by atoms with Gasteiger partial charge in [0.2, 0.25) is 0 Å². The van der Waals surface area contributed by atoms with Crippen LogP contribution in [-0.4, -0.2) is 36.7 Å². The number of amides is 2. The fourth-order valence-electron chi connectivity index (χ4n) is 3.23. The number of nitrogens with zero attached hydrogens (tertiary/aromatic N) is 1. The monoisotopic (exact) mass is 407 g/mol. The van der Waals surface area contributed by atoms with Crippen molar-refractivity contribution in [2.75, 3.05) is 25.0 Å². The molecule has 29 heavy (non-hydrogen) atoms. The number of rotatable bonds is 5. The minimum atomic E-state index is -4.40. The van der Waals surface area contributed by atoms with Crippen molar-refractivity contribution >= 4 is 11.7 Å². The molecule has 8 heteroatoms. The van der Waals surface area contributed by atoms with E-state index in [1.807, 2.05) is 24.3 Å². The van der Waals surface area contributed by atoms with Crippen LogP contribution < -0.4 is 10.6 Å². The van der Waals surface area contributed by atoms with E-state index in [0.717, 1.165) is 49.5 Å². The van der Waals surface area contributed by atoms with Gasteiger partial charge in [-0.15, -0.1) is 0 Å². The lowest BCUT2D eigenvalue weighted by molar-refractivity contribution is -0.137. The first-order chi connectivity index (χ1) is 13.8. The van der Waals surface area contributed by atoms with Gasteiger partial charge in [-0.3, -0.25) is 4.90 Å². The van der Waals surface area contributed by atoms with Crippen molar-refractivity contribution in [1.82, 2.24) is 10.2 Å². The van der Waals surface area contributed by atoms with Crippen LogP contribution in [0.3, 0.4) is 0 Å². The second kappa shape index (κ2) is 9.28. The highest BCUT2D eigenvalue weighted by atomic mass is 19.4. The molecule has 0 spiro atoms. The molecule has 1 atom stereocenters. The van der Waals surface area contributed by atoms with Gasteiger partial charge in [0.1, 0.15) is 0 Å². The van der Waals surface area contributed by atoms with E-state index in [1.54, 1.807) is 0 Å². The first-order valence-corrected chi connectivity index (χ1v) is 9.43. The Balaban J connectivity index is 1.50. The van der Waals surface area contributed by atoms with Gasteiger partial charge in [0, 0.05) is 31.9 Å². The zero-order valence-corrected chi connectivity index (χ0v) is 16.1. The Kier molecular flexibility index (Phi) is 6.76. The molecule has 1 heterocycles. The van der Waals surface area contributed by atoms with Crippen LogP contribution in [-0.2, 0) is 24.0 Å². The van der Waals surface area contributed by atoms with Gasteiger partial charge in [0.05, 0.1) is 18.3 Å². The van der Waals surface area contributed by atoms with Crippen LogP contribution in [0.4, 0.5) is 23.7 Å². The molecule has 0 aliphatic carbocycles. The van der Waals surface area contributed by atoms with E-state index in [1.165, 1.54) is 12.1 Å². The van der Waals surface area contributed by atoms with E-state index < -0.39 is 17.8 Å². The summed E-state index contributed by atoms with van der Waals surface area (Å²) in [7, 11) is 0. The number of carbonyl (C=O) groups is 1. The number of carbonyl (C=O) groups excluding carboxylic acids is 1. The minimum absolute atomic E-state index is 0.225. The van der Waals surface area contributed by atoms with E-state index in [-0.39, 0.29) is 6.10 Å². The normalized spacial score (nSPS) is 17.7. The standard InChI is InChI=1S/C21H24F3N3O2/c1-15-13-27(9-10-29-15)14-17-4-2-3-16(11-17)12-25-20(28)26-19-7-5-18(6-8-19)21(22,23)24/h2-8,11,15H,9-10,12-14H2,1H3,(H2,25,26,28). The number of alkyl halides is 3. The molecule has 1 unspecified atom stereocenters. The lowest BCUT2D eigenvalue weighted by Crippen LogP contribution is -2.40. The molecule has 2 aromatic carbocycles. The van der Waals surface area contributed by atoms with Gasteiger partial charge in [0.15, 0.2) is 0 Å². The van der Waals surface area contributed by atoms with Gasteiger partial charge in [-0.1, -0.05) is 24.3 Å². The molecule has 1 aliphatic rings. The van der Waals surface area contributed by atoms with E-state index in [9.17, 15) is 18.0 Å². The summed E-state index contributed by atoms with van der Waals surface area (Å²) >= 11 is 0. The van der Waals surface area contributed by atoms with Crippen molar-refractivity contribution in [3.63, 3.8) is 0 Å². The van der Waals surface area contributed by atoms with Crippen LogP contribution in [0.5, 0.6) is 0 Å². The molecule has 2 amide bonds. The van der Waals surface area contributed by atoms with Gasteiger partial charge in [-0.05, 0) is 42.3 Å². The zero-order valence-electron chi connectivity index (χ0n) is 16.1. The van der Waals surface area contributed by atoms with Crippen molar-refractivity contribution in [2.45, 2.75) is 32.3 Å². The molecule has 0 radical (unpaired) electrons. The predicted octanol–water partition coefficient (Wildman–Crippen LogP) is 4.25. The third kappa shape index (κ3) is 6.47. The highest BCUT2D eigenvalue weighted by Gasteiger charge is 2.30. The largest absolute Gasteiger partial charge is 0.416 e. The Bertz CT molecular complexity index is 825. The molecule has 156 valence electrons. The van der Waals surface area contributed by atoms with Crippen LogP contribution in [0, 0.1) is 0 Å². The van der Waals surface area contributed by atoms with Crippen LogP contribution >= 0.6 is 0 Å². The molecule has 1 fully saturated rings. The summed E-state index contributed by atoms with van der Waals surface area (Å²) in [4.78, 5) is 14.4. The first-order valence-electron chi connectivity index (χ1n) is 9.43. The number of nitrogens with one attached hydrogen (secondary N) is 2. The third-order valence-electron chi connectivity index (χ3n) is 4.65. The molecule has 2 N–H and O–H groups in total. The molecule has 2 aromatic rings. The molecule has 0 bridgehead atoms. The van der Waals surface area contributed by atoms with Crippen molar-refractivity contribution in [3.8, 4) is 0 Å². The molecule has 1 aliphatic heterocycles. The van der Waals surface area contributed by atoms with Gasteiger partial charge >= 0.3 is 12.2 Å². The fraction of sp³-hybridized carbons (Fsp3) is 0.381. The number of urea groups is 1. The molecule has 1 saturated heterocycles. The fourth-order valence-corrected chi connectivity index (χ4v) is 3.23.